The monoisotopic (exact) mass is 431 g/mol. The Bertz CT molecular complexity index is 842. The van der Waals surface area contributed by atoms with E-state index in [1.165, 1.54) is 5.56 Å². The number of hydrogen-bond donors (Lipinski definition) is 1. The number of benzene rings is 1. The molecule has 1 aromatic carbocycles. The lowest BCUT2D eigenvalue weighted by atomic mass is 10.1. The zero-order valence-corrected chi connectivity index (χ0v) is 17.3. The molecule has 1 fully saturated rings. The van der Waals surface area contributed by atoms with Gasteiger partial charge in [0.25, 0.3) is 5.56 Å². The first-order chi connectivity index (χ1) is 13.1. The minimum atomic E-state index is 0.0411. The van der Waals surface area contributed by atoms with E-state index in [0.29, 0.717) is 0 Å². The predicted molar refractivity (Wildman–Crippen MR) is 111 cm³/mol. The molecule has 0 saturated carbocycles. The molecule has 0 spiro atoms. The largest absolute Gasteiger partial charge is 0.340 e. The second-order valence-corrected chi connectivity index (χ2v) is 8.42. The molecule has 3 heterocycles. The Morgan fingerprint density at radius 3 is 2.48 bits per heavy atom. The average molecular weight is 432 g/mol. The Balaban J connectivity index is 1.48. The lowest BCUT2D eigenvalue weighted by Crippen LogP contribution is -2.45. The van der Waals surface area contributed by atoms with Gasteiger partial charge in [-0.15, -0.1) is 0 Å². The van der Waals surface area contributed by atoms with E-state index in [9.17, 15) is 4.79 Å². The van der Waals surface area contributed by atoms with Crippen LogP contribution in [-0.4, -0.2) is 66.1 Å². The van der Waals surface area contributed by atoms with Crippen molar-refractivity contribution in [1.82, 2.24) is 19.8 Å². The second-order valence-electron chi connectivity index (χ2n) is 7.51. The van der Waals surface area contributed by atoms with Gasteiger partial charge in [-0.05, 0) is 31.2 Å². The van der Waals surface area contributed by atoms with Gasteiger partial charge >= 0.3 is 0 Å². The molecule has 0 amide bonds. The van der Waals surface area contributed by atoms with Crippen molar-refractivity contribution in [2.75, 3.05) is 51.2 Å². The fourth-order valence-electron chi connectivity index (χ4n) is 3.82. The van der Waals surface area contributed by atoms with Crippen LogP contribution in [0.1, 0.15) is 16.8 Å². The standard InChI is InChI=1S/C20H26BrN5O/c1-24-10-12-26(13-11-24)20-22-18-7-9-25(8-6-17(18)19(27)23-20)14-15-2-4-16(21)5-3-15/h2-5H,6-14H2,1H3,(H,22,23,27). The molecule has 27 heavy (non-hydrogen) atoms. The maximum absolute atomic E-state index is 12.7. The number of nitrogens with one attached hydrogen (secondary N) is 1. The first-order valence-electron chi connectivity index (χ1n) is 9.61. The van der Waals surface area contributed by atoms with Crippen LogP contribution < -0.4 is 10.5 Å². The van der Waals surface area contributed by atoms with Gasteiger partial charge in [-0.3, -0.25) is 14.7 Å². The topological polar surface area (TPSA) is 55.5 Å². The summed E-state index contributed by atoms with van der Waals surface area (Å²) in [7, 11) is 2.13. The molecule has 7 heteroatoms. The fourth-order valence-corrected chi connectivity index (χ4v) is 4.08. The van der Waals surface area contributed by atoms with E-state index in [1.807, 2.05) is 0 Å². The number of nitrogens with zero attached hydrogens (tertiary/aromatic N) is 4. The molecule has 0 unspecified atom stereocenters. The van der Waals surface area contributed by atoms with Gasteiger partial charge in [0.15, 0.2) is 0 Å². The van der Waals surface area contributed by atoms with Gasteiger partial charge in [0.1, 0.15) is 0 Å². The normalized spacial score (nSPS) is 19.0. The molecule has 6 nitrogen and oxygen atoms in total. The number of halogens is 1. The summed E-state index contributed by atoms with van der Waals surface area (Å²) in [5, 5.41) is 0. The molecule has 2 aliphatic rings. The molecule has 1 aromatic heterocycles. The maximum Gasteiger partial charge on any atom is 0.255 e. The number of aromatic amines is 1. The van der Waals surface area contributed by atoms with Gasteiger partial charge in [-0.1, -0.05) is 28.1 Å². The van der Waals surface area contributed by atoms with Gasteiger partial charge in [0, 0.05) is 62.3 Å². The van der Waals surface area contributed by atoms with E-state index < -0.39 is 0 Å². The zero-order valence-electron chi connectivity index (χ0n) is 15.7. The molecule has 1 saturated heterocycles. The second kappa shape index (κ2) is 8.12. The molecule has 0 bridgehead atoms. The van der Waals surface area contributed by atoms with Crippen LogP contribution in [-0.2, 0) is 19.4 Å². The van der Waals surface area contributed by atoms with E-state index in [2.05, 4.69) is 66.9 Å². The van der Waals surface area contributed by atoms with E-state index in [1.54, 1.807) is 0 Å². The molecule has 2 aliphatic heterocycles. The fraction of sp³-hybridized carbons (Fsp3) is 0.500. The molecule has 0 radical (unpaired) electrons. The van der Waals surface area contributed by atoms with E-state index in [4.69, 9.17) is 4.98 Å². The quantitative estimate of drug-likeness (QED) is 0.803. The number of likely N-dealkylation sites (N-methyl/N-ethyl adjacent to an activating group) is 1. The zero-order chi connectivity index (χ0) is 18.8. The van der Waals surface area contributed by atoms with Crippen LogP contribution in [0.4, 0.5) is 5.95 Å². The van der Waals surface area contributed by atoms with Crippen molar-refractivity contribution in [3.8, 4) is 0 Å². The summed E-state index contributed by atoms with van der Waals surface area (Å²) in [4.78, 5) is 27.5. The Labute approximate surface area is 168 Å². The molecule has 4 rings (SSSR count). The third kappa shape index (κ3) is 4.42. The molecular formula is C20H26BrN5O. The molecule has 144 valence electrons. The predicted octanol–water partition coefficient (Wildman–Crippen LogP) is 1.89. The van der Waals surface area contributed by atoms with Crippen LogP contribution in [0.15, 0.2) is 33.5 Å². The highest BCUT2D eigenvalue weighted by Crippen LogP contribution is 2.17. The summed E-state index contributed by atoms with van der Waals surface area (Å²) in [5.74, 6) is 0.744. The summed E-state index contributed by atoms with van der Waals surface area (Å²) in [6.07, 6.45) is 1.59. The highest BCUT2D eigenvalue weighted by Gasteiger charge is 2.22. The maximum atomic E-state index is 12.7. The van der Waals surface area contributed by atoms with Crippen molar-refractivity contribution in [2.45, 2.75) is 19.4 Å². The minimum absolute atomic E-state index is 0.0411. The van der Waals surface area contributed by atoms with Crippen LogP contribution in [0.5, 0.6) is 0 Å². The minimum Gasteiger partial charge on any atom is -0.340 e. The average Bonchev–Trinajstić information content (AvgIpc) is 2.87. The number of anilines is 1. The van der Waals surface area contributed by atoms with Crippen molar-refractivity contribution < 1.29 is 0 Å². The van der Waals surface area contributed by atoms with E-state index >= 15 is 0 Å². The van der Waals surface area contributed by atoms with Crippen LogP contribution in [0.2, 0.25) is 0 Å². The van der Waals surface area contributed by atoms with Crippen molar-refractivity contribution in [3.63, 3.8) is 0 Å². The number of piperazine rings is 1. The Kier molecular flexibility index (Phi) is 5.61. The lowest BCUT2D eigenvalue weighted by Gasteiger charge is -2.32. The Morgan fingerprint density at radius 1 is 1.04 bits per heavy atom. The summed E-state index contributed by atoms with van der Waals surface area (Å²) in [6.45, 7) is 6.55. The SMILES string of the molecule is CN1CCN(c2nc3c(c(=O)[nH]2)CCN(Cc2ccc(Br)cc2)CC3)CC1. The van der Waals surface area contributed by atoms with Crippen molar-refractivity contribution in [2.24, 2.45) is 0 Å². The Hall–Kier alpha value is -1.70. The number of aromatic nitrogens is 2. The molecule has 0 aliphatic carbocycles. The highest BCUT2D eigenvalue weighted by molar-refractivity contribution is 9.10. The van der Waals surface area contributed by atoms with Crippen molar-refractivity contribution >= 4 is 21.9 Å². The van der Waals surface area contributed by atoms with Crippen LogP contribution in [0, 0.1) is 0 Å². The molecule has 0 atom stereocenters. The summed E-state index contributed by atoms with van der Waals surface area (Å²) in [6, 6.07) is 8.46. The number of rotatable bonds is 3. The van der Waals surface area contributed by atoms with Crippen LogP contribution in [0.25, 0.3) is 0 Å². The van der Waals surface area contributed by atoms with Crippen molar-refractivity contribution in [1.29, 1.82) is 0 Å². The van der Waals surface area contributed by atoms with Gasteiger partial charge in [-0.25, -0.2) is 4.98 Å². The van der Waals surface area contributed by atoms with Crippen molar-refractivity contribution in [3.05, 3.63) is 55.9 Å². The molecule has 1 N–H and O–H groups in total. The third-order valence-electron chi connectivity index (χ3n) is 5.55. The third-order valence-corrected chi connectivity index (χ3v) is 6.08. The smallest absolute Gasteiger partial charge is 0.255 e. The Morgan fingerprint density at radius 2 is 1.74 bits per heavy atom. The van der Waals surface area contributed by atoms with Gasteiger partial charge in [-0.2, -0.15) is 0 Å². The highest BCUT2D eigenvalue weighted by atomic mass is 79.9. The number of fused-ring (bicyclic) bond motifs is 1. The van der Waals surface area contributed by atoms with Gasteiger partial charge < -0.3 is 9.80 Å². The lowest BCUT2D eigenvalue weighted by molar-refractivity contribution is 0.279. The molecule has 2 aromatic rings. The van der Waals surface area contributed by atoms with Crippen LogP contribution >= 0.6 is 15.9 Å². The summed E-state index contributed by atoms with van der Waals surface area (Å²) in [5.41, 5.74) is 3.18. The summed E-state index contributed by atoms with van der Waals surface area (Å²) >= 11 is 3.49. The number of H-pyrrole nitrogens is 1. The number of hydrogen-bond acceptors (Lipinski definition) is 5. The molecular weight excluding hydrogens is 406 g/mol. The van der Waals surface area contributed by atoms with Crippen LogP contribution in [0.3, 0.4) is 0 Å². The van der Waals surface area contributed by atoms with Gasteiger partial charge in [0.2, 0.25) is 5.95 Å². The summed E-state index contributed by atoms with van der Waals surface area (Å²) < 4.78 is 1.10. The first-order valence-corrected chi connectivity index (χ1v) is 10.4. The van der Waals surface area contributed by atoms with E-state index in [0.717, 1.165) is 80.3 Å². The van der Waals surface area contributed by atoms with Gasteiger partial charge in [0.05, 0.1) is 5.69 Å². The first kappa shape index (κ1) is 18.7. The van der Waals surface area contributed by atoms with E-state index in [-0.39, 0.29) is 5.56 Å².